The number of quaternary nitrogens is 1. The number of fused-ring (bicyclic) bond motifs is 5. The van der Waals surface area contributed by atoms with Crippen LogP contribution in [0.25, 0.3) is 11.1 Å². The highest BCUT2D eigenvalue weighted by Crippen LogP contribution is 2.48. The smallest absolute Gasteiger partial charge is 0.348 e. The molecule has 1 fully saturated rings. The number of esters is 1. The molecule has 29 heavy (non-hydrogen) atoms. The number of hydrogen-bond donors (Lipinski definition) is 1. The largest absolute Gasteiger partial charge is 1.00 e. The summed E-state index contributed by atoms with van der Waals surface area (Å²) in [4.78, 5) is 13.3. The van der Waals surface area contributed by atoms with Crippen molar-refractivity contribution in [2.24, 2.45) is 0 Å². The van der Waals surface area contributed by atoms with E-state index >= 15 is 0 Å². The average molecular weight is 456 g/mol. The lowest BCUT2D eigenvalue weighted by atomic mass is 9.85. The predicted octanol–water partition coefficient (Wildman–Crippen LogP) is 0.386. The second kappa shape index (κ2) is 7.08. The lowest BCUT2D eigenvalue weighted by Crippen LogP contribution is -3.00. The van der Waals surface area contributed by atoms with E-state index in [2.05, 4.69) is 26.2 Å². The second-order valence-corrected chi connectivity index (χ2v) is 8.81. The van der Waals surface area contributed by atoms with Gasteiger partial charge in [-0.15, -0.1) is 0 Å². The van der Waals surface area contributed by atoms with Crippen molar-refractivity contribution in [3.8, 4) is 11.1 Å². The van der Waals surface area contributed by atoms with Crippen LogP contribution in [0.5, 0.6) is 0 Å². The van der Waals surface area contributed by atoms with Crippen molar-refractivity contribution in [1.82, 2.24) is 0 Å². The first-order chi connectivity index (χ1) is 13.4. The van der Waals surface area contributed by atoms with Gasteiger partial charge in [-0.25, -0.2) is 4.79 Å². The number of benzene rings is 2. The number of halogens is 1. The van der Waals surface area contributed by atoms with E-state index < -0.39 is 11.6 Å². The summed E-state index contributed by atoms with van der Waals surface area (Å²) in [5.41, 5.74) is 1.30. The summed E-state index contributed by atoms with van der Waals surface area (Å²) in [7, 11) is 4.52. The van der Waals surface area contributed by atoms with E-state index in [1.54, 1.807) is 0 Å². The highest BCUT2D eigenvalue weighted by Gasteiger charge is 2.51. The van der Waals surface area contributed by atoms with Crippen molar-refractivity contribution in [2.45, 2.75) is 43.1 Å². The average Bonchev–Trinajstić information content (AvgIpc) is 2.93. The van der Waals surface area contributed by atoms with Gasteiger partial charge in [0, 0.05) is 30.4 Å². The summed E-state index contributed by atoms with van der Waals surface area (Å²) in [6.45, 7) is 0. The molecule has 4 nitrogen and oxygen atoms in total. The number of piperidine rings is 1. The summed E-state index contributed by atoms with van der Waals surface area (Å²) in [6, 6.07) is 15.9. The number of carbonyl (C=O) groups is 1. The topological polar surface area (TPSA) is 46.5 Å². The zero-order valence-corrected chi connectivity index (χ0v) is 18.3. The van der Waals surface area contributed by atoms with Crippen LogP contribution in [0.2, 0.25) is 0 Å². The number of ether oxygens (including phenoxy) is 1. The maximum Gasteiger partial charge on any atom is 0.348 e. The summed E-state index contributed by atoms with van der Waals surface area (Å²) in [5.74, 6) is -0.552. The maximum absolute atomic E-state index is 13.3. The molecule has 3 atom stereocenters. The van der Waals surface area contributed by atoms with Crippen LogP contribution in [0.1, 0.15) is 30.4 Å². The van der Waals surface area contributed by atoms with E-state index in [9.17, 15) is 9.90 Å². The highest BCUT2D eigenvalue weighted by molar-refractivity contribution is 5.96. The van der Waals surface area contributed by atoms with Crippen LogP contribution in [0.15, 0.2) is 60.7 Å². The quantitative estimate of drug-likeness (QED) is 0.404. The maximum atomic E-state index is 13.3. The normalized spacial score (nSPS) is 27.3. The molecule has 5 rings (SSSR count). The van der Waals surface area contributed by atoms with Crippen molar-refractivity contribution in [2.75, 3.05) is 14.1 Å². The third kappa shape index (κ3) is 2.90. The Morgan fingerprint density at radius 3 is 2.21 bits per heavy atom. The van der Waals surface area contributed by atoms with E-state index in [-0.39, 0.29) is 23.1 Å². The Kier molecular flexibility index (Phi) is 4.96. The Bertz CT molecular complexity index is 938. The van der Waals surface area contributed by atoms with Gasteiger partial charge in [-0.2, -0.15) is 0 Å². The number of nitrogens with zero attached hydrogens (tertiary/aromatic N) is 1. The van der Waals surface area contributed by atoms with Crippen molar-refractivity contribution >= 4 is 5.97 Å². The number of hydrogen-bond acceptors (Lipinski definition) is 3. The fraction of sp³-hybridized carbons (Fsp3) is 0.375. The monoisotopic (exact) mass is 455 g/mol. The van der Waals surface area contributed by atoms with Gasteiger partial charge in [0.25, 0.3) is 0 Å². The predicted molar refractivity (Wildman–Crippen MR) is 107 cm³/mol. The Morgan fingerprint density at radius 2 is 1.62 bits per heavy atom. The summed E-state index contributed by atoms with van der Waals surface area (Å²) >= 11 is 0. The summed E-state index contributed by atoms with van der Waals surface area (Å²) < 4.78 is 6.93. The first-order valence-corrected chi connectivity index (χ1v) is 10.0. The number of aliphatic hydroxyl groups is 1. The molecule has 3 aliphatic rings. The molecule has 0 aromatic heterocycles. The van der Waals surface area contributed by atoms with E-state index in [0.29, 0.717) is 23.2 Å². The molecule has 1 saturated heterocycles. The van der Waals surface area contributed by atoms with Crippen LogP contribution >= 0.6 is 0 Å². The van der Waals surface area contributed by atoms with Crippen LogP contribution in [0.4, 0.5) is 0 Å². The number of likely N-dealkylation sites (N-methyl/N-ethyl adjacent to an activating group) is 1. The zero-order chi connectivity index (χ0) is 19.5. The van der Waals surface area contributed by atoms with E-state index in [1.807, 2.05) is 48.5 Å². The SMILES string of the molecule is C[N+]1(C)C2C=CCC1CC(OC(=O)C1(O)c3ccccc3-c3ccccc31)C2.[Br-]. The van der Waals surface area contributed by atoms with Crippen LogP contribution in [0.3, 0.4) is 0 Å². The van der Waals surface area contributed by atoms with Gasteiger partial charge in [-0.1, -0.05) is 54.6 Å². The molecule has 0 spiro atoms. The Balaban J connectivity index is 0.00000205. The first-order valence-electron chi connectivity index (χ1n) is 10.0. The fourth-order valence-electron chi connectivity index (χ4n) is 5.31. The minimum absolute atomic E-state index is 0. The van der Waals surface area contributed by atoms with Crippen molar-refractivity contribution in [1.29, 1.82) is 0 Å². The highest BCUT2D eigenvalue weighted by atomic mass is 79.9. The molecule has 152 valence electrons. The summed E-state index contributed by atoms with van der Waals surface area (Å²) in [6.07, 6.45) is 6.99. The minimum Gasteiger partial charge on any atom is -1.00 e. The molecule has 0 radical (unpaired) electrons. The lowest BCUT2D eigenvalue weighted by Gasteiger charge is -2.50. The molecule has 2 aromatic carbocycles. The molecule has 5 heteroatoms. The summed E-state index contributed by atoms with van der Waals surface area (Å²) in [5, 5.41) is 11.6. The van der Waals surface area contributed by atoms with Gasteiger partial charge in [0.15, 0.2) is 0 Å². The first kappa shape index (κ1) is 20.3. The number of rotatable bonds is 2. The molecule has 3 unspecified atom stereocenters. The molecular weight excluding hydrogens is 430 g/mol. The van der Waals surface area contributed by atoms with Crippen LogP contribution < -0.4 is 17.0 Å². The van der Waals surface area contributed by atoms with Crippen molar-refractivity contribution in [3.63, 3.8) is 0 Å². The van der Waals surface area contributed by atoms with Gasteiger partial charge in [0.2, 0.25) is 5.60 Å². The third-order valence-electron chi connectivity index (χ3n) is 7.09. The minimum atomic E-state index is -1.74. The van der Waals surface area contributed by atoms with E-state index in [4.69, 9.17) is 4.74 Å². The zero-order valence-electron chi connectivity index (χ0n) is 16.7. The van der Waals surface area contributed by atoms with Gasteiger partial charge in [-0.05, 0) is 17.2 Å². The second-order valence-electron chi connectivity index (χ2n) is 8.81. The molecular formula is C24H26BrNO3. The molecule has 2 bridgehead atoms. The van der Waals surface area contributed by atoms with Crippen LogP contribution in [-0.2, 0) is 15.1 Å². The van der Waals surface area contributed by atoms with Crippen LogP contribution in [0, 0.1) is 0 Å². The van der Waals surface area contributed by atoms with Gasteiger partial charge in [-0.3, -0.25) is 0 Å². The molecule has 0 saturated carbocycles. The Labute approximate surface area is 182 Å². The number of carbonyl (C=O) groups excluding carboxylic acids is 1. The van der Waals surface area contributed by atoms with E-state index in [1.165, 1.54) is 0 Å². The third-order valence-corrected chi connectivity index (χ3v) is 7.09. The Hall–Kier alpha value is -1.95. The lowest BCUT2D eigenvalue weighted by molar-refractivity contribution is -0.940. The molecule has 0 amide bonds. The molecule has 2 aliphatic heterocycles. The molecule has 2 heterocycles. The van der Waals surface area contributed by atoms with Gasteiger partial charge in [0.1, 0.15) is 12.1 Å². The fourth-order valence-corrected chi connectivity index (χ4v) is 5.31. The Morgan fingerprint density at radius 1 is 1.03 bits per heavy atom. The molecule has 1 N–H and O–H groups in total. The molecule has 2 aromatic rings. The van der Waals surface area contributed by atoms with E-state index in [0.717, 1.165) is 34.9 Å². The van der Waals surface area contributed by atoms with Gasteiger partial charge < -0.3 is 31.3 Å². The van der Waals surface area contributed by atoms with Crippen molar-refractivity contribution in [3.05, 3.63) is 71.8 Å². The van der Waals surface area contributed by atoms with Gasteiger partial charge >= 0.3 is 5.97 Å². The molecule has 1 aliphatic carbocycles. The van der Waals surface area contributed by atoms with Crippen LogP contribution in [-0.4, -0.2) is 47.8 Å². The van der Waals surface area contributed by atoms with Crippen molar-refractivity contribution < 1.29 is 36.1 Å². The van der Waals surface area contributed by atoms with Gasteiger partial charge in [0.05, 0.1) is 20.1 Å². The standard InChI is InChI=1S/C24H26NO3.BrH/c1-25(2)16-8-7-9-17(25)15-18(14-16)28-23(26)24(27)21-12-5-3-10-19(21)20-11-4-6-13-22(20)24;/h3-8,10-13,16-18,27H,9,14-15H2,1-2H3;1H/q+1;/p-1.